The Morgan fingerprint density at radius 1 is 0.857 bits per heavy atom. The zero-order valence-corrected chi connectivity index (χ0v) is 19.8. The maximum Gasteiger partial charge on any atom is 0.255 e. The topological polar surface area (TPSA) is 108 Å². The molecular weight excluding hydrogens is 464 g/mol. The van der Waals surface area contributed by atoms with Gasteiger partial charge < -0.3 is 14.8 Å². The van der Waals surface area contributed by atoms with Crippen molar-refractivity contribution in [2.75, 3.05) is 12.4 Å². The number of sulfonamides is 1. The summed E-state index contributed by atoms with van der Waals surface area (Å²) in [6.45, 7) is 0.206. The van der Waals surface area contributed by atoms with Gasteiger partial charge in [0, 0.05) is 16.8 Å². The van der Waals surface area contributed by atoms with Crippen LogP contribution in [0, 0.1) is 0 Å². The van der Waals surface area contributed by atoms with Gasteiger partial charge >= 0.3 is 0 Å². The van der Waals surface area contributed by atoms with Crippen molar-refractivity contribution in [1.29, 1.82) is 0 Å². The van der Waals surface area contributed by atoms with E-state index in [0.717, 1.165) is 11.1 Å². The summed E-state index contributed by atoms with van der Waals surface area (Å²) in [5, 5.41) is 7.85. The Labute approximate surface area is 204 Å². The van der Waals surface area contributed by atoms with Gasteiger partial charge in [0.15, 0.2) is 0 Å². The van der Waals surface area contributed by atoms with Crippen molar-refractivity contribution in [3.05, 3.63) is 108 Å². The normalized spacial score (nSPS) is 11.0. The first-order chi connectivity index (χ1) is 16.8. The van der Waals surface area contributed by atoms with E-state index in [-0.39, 0.29) is 17.4 Å². The number of anilines is 1. The molecule has 0 aliphatic carbocycles. The fourth-order valence-electron chi connectivity index (χ4n) is 3.50. The van der Waals surface area contributed by atoms with Gasteiger partial charge in [-0.1, -0.05) is 42.5 Å². The van der Waals surface area contributed by atoms with E-state index in [4.69, 9.17) is 14.6 Å². The summed E-state index contributed by atoms with van der Waals surface area (Å²) >= 11 is 0. The first-order valence-corrected chi connectivity index (χ1v) is 12.3. The molecule has 0 saturated carbocycles. The molecule has 0 aromatic heterocycles. The number of hydrogen-bond acceptors (Lipinski definition) is 5. The summed E-state index contributed by atoms with van der Waals surface area (Å²) in [6.07, 6.45) is 0. The molecule has 0 aliphatic rings. The highest BCUT2D eigenvalue weighted by molar-refractivity contribution is 7.89. The molecule has 0 radical (unpaired) electrons. The second-order valence-corrected chi connectivity index (χ2v) is 9.29. The third-order valence-corrected chi connectivity index (χ3v) is 6.27. The largest absolute Gasteiger partial charge is 0.496 e. The van der Waals surface area contributed by atoms with E-state index >= 15 is 0 Å². The second kappa shape index (κ2) is 10.4. The van der Waals surface area contributed by atoms with Crippen LogP contribution in [-0.2, 0) is 16.6 Å². The average Bonchev–Trinajstić information content (AvgIpc) is 2.88. The Hall–Kier alpha value is -4.14. The number of amides is 1. The molecule has 8 heteroatoms. The monoisotopic (exact) mass is 488 g/mol. The van der Waals surface area contributed by atoms with Crippen LogP contribution < -0.4 is 19.9 Å². The highest BCUT2D eigenvalue weighted by atomic mass is 32.2. The van der Waals surface area contributed by atoms with Crippen molar-refractivity contribution < 1.29 is 22.7 Å². The Morgan fingerprint density at radius 2 is 1.51 bits per heavy atom. The molecule has 4 aromatic rings. The molecule has 0 fully saturated rings. The van der Waals surface area contributed by atoms with E-state index < -0.39 is 10.0 Å². The van der Waals surface area contributed by atoms with Crippen LogP contribution in [0.1, 0.15) is 15.9 Å². The van der Waals surface area contributed by atoms with Gasteiger partial charge in [0.25, 0.3) is 5.91 Å². The van der Waals surface area contributed by atoms with Gasteiger partial charge in [0.1, 0.15) is 18.1 Å². The lowest BCUT2D eigenvalue weighted by Gasteiger charge is -2.13. The van der Waals surface area contributed by atoms with Crippen LogP contribution in [0.2, 0.25) is 0 Å². The Balaban J connectivity index is 1.45. The van der Waals surface area contributed by atoms with Gasteiger partial charge in [-0.25, -0.2) is 13.6 Å². The summed E-state index contributed by atoms with van der Waals surface area (Å²) in [5.74, 6) is 0.931. The van der Waals surface area contributed by atoms with E-state index in [1.807, 2.05) is 54.6 Å². The molecule has 0 heterocycles. The molecule has 0 unspecified atom stereocenters. The van der Waals surface area contributed by atoms with Gasteiger partial charge in [-0.15, -0.1) is 0 Å². The molecule has 1 amide bonds. The molecule has 0 aliphatic heterocycles. The van der Waals surface area contributed by atoms with Crippen LogP contribution in [0.5, 0.6) is 11.5 Å². The average molecular weight is 489 g/mol. The third kappa shape index (κ3) is 6.06. The van der Waals surface area contributed by atoms with Crippen LogP contribution >= 0.6 is 0 Å². The molecule has 0 atom stereocenters. The van der Waals surface area contributed by atoms with E-state index in [1.165, 1.54) is 24.3 Å². The molecular formula is C27H24N2O5S. The Morgan fingerprint density at radius 3 is 2.14 bits per heavy atom. The summed E-state index contributed by atoms with van der Waals surface area (Å²) in [4.78, 5) is 12.7. The lowest BCUT2D eigenvalue weighted by Crippen LogP contribution is -2.14. The number of nitrogens with two attached hydrogens (primary N) is 1. The molecule has 0 spiro atoms. The van der Waals surface area contributed by atoms with Crippen molar-refractivity contribution in [2.45, 2.75) is 11.5 Å². The minimum absolute atomic E-state index is 0.0313. The smallest absolute Gasteiger partial charge is 0.255 e. The highest BCUT2D eigenvalue weighted by Gasteiger charge is 2.13. The zero-order valence-electron chi connectivity index (χ0n) is 19.0. The van der Waals surface area contributed by atoms with E-state index in [9.17, 15) is 13.2 Å². The molecule has 4 rings (SSSR count). The van der Waals surface area contributed by atoms with Gasteiger partial charge in [0.2, 0.25) is 10.0 Å². The van der Waals surface area contributed by atoms with Crippen molar-refractivity contribution in [1.82, 2.24) is 0 Å². The molecule has 0 saturated heterocycles. The Bertz CT molecular complexity index is 1420. The number of rotatable bonds is 8. The lowest BCUT2D eigenvalue weighted by molar-refractivity contribution is 0.102. The number of benzene rings is 4. The number of nitrogens with one attached hydrogen (secondary N) is 1. The summed E-state index contributed by atoms with van der Waals surface area (Å²) < 4.78 is 34.2. The molecule has 0 bridgehead atoms. The Kier molecular flexibility index (Phi) is 7.14. The van der Waals surface area contributed by atoms with Gasteiger partial charge in [-0.2, -0.15) is 0 Å². The number of ether oxygens (including phenoxy) is 2. The van der Waals surface area contributed by atoms with E-state index in [1.54, 1.807) is 25.3 Å². The highest BCUT2D eigenvalue weighted by Crippen LogP contribution is 2.25. The minimum atomic E-state index is -3.80. The number of methoxy groups -OCH3 is 1. The van der Waals surface area contributed by atoms with Crippen molar-refractivity contribution in [3.63, 3.8) is 0 Å². The molecule has 7 nitrogen and oxygen atoms in total. The SMILES string of the molecule is COc1ccc(C(=O)Nc2ccc(S(N)(=O)=O)cc2)cc1COc1ccc(-c2ccccc2)cc1. The van der Waals surface area contributed by atoms with Gasteiger partial charge in [-0.05, 0) is 65.7 Å². The first kappa shape index (κ1) is 24.0. The zero-order chi connectivity index (χ0) is 24.8. The number of carbonyl (C=O) groups excluding carboxylic acids is 1. The summed E-state index contributed by atoms with van der Waals surface area (Å²) in [5.41, 5.74) is 3.76. The van der Waals surface area contributed by atoms with Crippen LogP contribution in [0.3, 0.4) is 0 Å². The molecule has 178 valence electrons. The third-order valence-electron chi connectivity index (χ3n) is 5.34. The van der Waals surface area contributed by atoms with Crippen molar-refractivity contribution in [3.8, 4) is 22.6 Å². The lowest BCUT2D eigenvalue weighted by atomic mass is 10.1. The van der Waals surface area contributed by atoms with Crippen LogP contribution in [0.4, 0.5) is 5.69 Å². The summed E-state index contributed by atoms with van der Waals surface area (Å²) in [7, 11) is -2.24. The standard InChI is InChI=1S/C27H24N2O5S/c1-33-26-16-9-21(27(30)29-23-10-14-25(15-11-23)35(28,31)32)17-22(26)18-34-24-12-7-20(8-13-24)19-5-3-2-4-6-19/h2-17H,18H2,1H3,(H,29,30)(H2,28,31,32). The fourth-order valence-corrected chi connectivity index (χ4v) is 4.01. The van der Waals surface area contributed by atoms with Crippen LogP contribution in [0.15, 0.2) is 102 Å². The van der Waals surface area contributed by atoms with Crippen LogP contribution in [-0.4, -0.2) is 21.4 Å². The maximum atomic E-state index is 12.8. The molecule has 35 heavy (non-hydrogen) atoms. The fraction of sp³-hybridized carbons (Fsp3) is 0.0741. The first-order valence-electron chi connectivity index (χ1n) is 10.7. The quantitative estimate of drug-likeness (QED) is 0.369. The van der Waals surface area contributed by atoms with E-state index in [2.05, 4.69) is 5.32 Å². The molecule has 3 N–H and O–H groups in total. The second-order valence-electron chi connectivity index (χ2n) is 7.73. The number of primary sulfonamides is 1. The van der Waals surface area contributed by atoms with Crippen LogP contribution in [0.25, 0.3) is 11.1 Å². The number of hydrogen-bond donors (Lipinski definition) is 2. The van der Waals surface area contributed by atoms with E-state index in [0.29, 0.717) is 28.3 Å². The number of carbonyl (C=O) groups is 1. The van der Waals surface area contributed by atoms with Crippen molar-refractivity contribution in [2.24, 2.45) is 5.14 Å². The van der Waals surface area contributed by atoms with Crippen molar-refractivity contribution >= 4 is 21.6 Å². The molecule has 4 aromatic carbocycles. The maximum absolute atomic E-state index is 12.8. The minimum Gasteiger partial charge on any atom is -0.496 e. The summed E-state index contributed by atoms with van der Waals surface area (Å²) in [6, 6.07) is 28.5. The van der Waals surface area contributed by atoms with Gasteiger partial charge in [-0.3, -0.25) is 4.79 Å². The predicted molar refractivity (Wildman–Crippen MR) is 135 cm³/mol. The van der Waals surface area contributed by atoms with Gasteiger partial charge in [0.05, 0.1) is 12.0 Å². The predicted octanol–water partition coefficient (Wildman–Crippen LogP) is 4.84.